The van der Waals surface area contributed by atoms with Crippen LogP contribution in [0, 0.1) is 0 Å². The first-order valence-corrected chi connectivity index (χ1v) is 6.45. The van der Waals surface area contributed by atoms with Gasteiger partial charge in [0.05, 0.1) is 27.8 Å². The van der Waals surface area contributed by atoms with Gasteiger partial charge in [-0.05, 0) is 12.1 Å². The Bertz CT molecular complexity index is 567. The zero-order valence-electron chi connectivity index (χ0n) is 11.2. The summed E-state index contributed by atoms with van der Waals surface area (Å²) in [5.41, 5.74) is -0.0307. The minimum absolute atomic E-state index is 0.0195. The van der Waals surface area contributed by atoms with E-state index in [2.05, 4.69) is 10.6 Å². The molecule has 1 aromatic rings. The number of carbonyl (C=O) groups excluding carboxylic acids is 2. The fourth-order valence-corrected chi connectivity index (χ4v) is 1.87. The summed E-state index contributed by atoms with van der Waals surface area (Å²) in [5.74, 6) is -1.48. The van der Waals surface area contributed by atoms with Gasteiger partial charge in [-0.2, -0.15) is 0 Å². The number of carbonyl (C=O) groups is 3. The number of urea groups is 1. The highest BCUT2D eigenvalue weighted by Crippen LogP contribution is 2.31. The molecule has 0 bridgehead atoms. The Morgan fingerprint density at radius 3 is 2.14 bits per heavy atom. The van der Waals surface area contributed by atoms with Crippen molar-refractivity contribution in [3.63, 3.8) is 0 Å². The van der Waals surface area contributed by atoms with Crippen LogP contribution in [-0.2, 0) is 4.79 Å². The van der Waals surface area contributed by atoms with Crippen LogP contribution in [0.4, 0.5) is 10.5 Å². The molecule has 0 atom stereocenters. The van der Waals surface area contributed by atoms with Gasteiger partial charge in [0, 0.05) is 14.1 Å². The van der Waals surface area contributed by atoms with Gasteiger partial charge in [-0.25, -0.2) is 9.59 Å². The summed E-state index contributed by atoms with van der Waals surface area (Å²) in [7, 11) is 3.11. The van der Waals surface area contributed by atoms with Crippen LogP contribution in [0.25, 0.3) is 0 Å². The number of nitrogens with one attached hydrogen (secondary N) is 2. The monoisotopic (exact) mass is 333 g/mol. The molecule has 0 heterocycles. The Morgan fingerprint density at radius 2 is 1.71 bits per heavy atom. The van der Waals surface area contributed by atoms with Crippen LogP contribution in [0.3, 0.4) is 0 Å². The third kappa shape index (κ3) is 4.80. The number of hydrogen-bond acceptors (Lipinski definition) is 3. The highest BCUT2D eigenvalue weighted by atomic mass is 35.5. The molecule has 1 rings (SSSR count). The van der Waals surface area contributed by atoms with E-state index in [4.69, 9.17) is 28.3 Å². The molecular formula is C12H13Cl2N3O4. The number of halogens is 2. The summed E-state index contributed by atoms with van der Waals surface area (Å²) < 4.78 is 0. The second kappa shape index (κ2) is 7.14. The number of aromatic carboxylic acids is 1. The highest BCUT2D eigenvalue weighted by Gasteiger charge is 2.15. The maximum Gasteiger partial charge on any atom is 0.335 e. The predicted molar refractivity (Wildman–Crippen MR) is 79.1 cm³/mol. The van der Waals surface area contributed by atoms with Crippen molar-refractivity contribution < 1.29 is 19.5 Å². The van der Waals surface area contributed by atoms with Crippen LogP contribution < -0.4 is 10.6 Å². The molecule has 0 aliphatic rings. The predicted octanol–water partition coefficient (Wildman–Crippen LogP) is 1.90. The normalized spacial score (nSPS) is 9.90. The van der Waals surface area contributed by atoms with Gasteiger partial charge in [0.15, 0.2) is 0 Å². The Hall–Kier alpha value is -1.99. The molecule has 0 saturated carbocycles. The Labute approximate surface area is 130 Å². The number of nitrogens with zero attached hydrogens (tertiary/aromatic N) is 1. The SMILES string of the molecule is CN(C)C(=O)CNC(=O)Nc1c(Cl)cc(C(=O)O)cc1Cl. The Morgan fingerprint density at radius 1 is 1.19 bits per heavy atom. The van der Waals surface area contributed by atoms with Gasteiger partial charge in [0.2, 0.25) is 5.91 Å². The average Bonchev–Trinajstić information content (AvgIpc) is 2.39. The van der Waals surface area contributed by atoms with Crippen LogP contribution in [0.5, 0.6) is 0 Å². The van der Waals surface area contributed by atoms with Crippen molar-refractivity contribution in [1.29, 1.82) is 0 Å². The van der Waals surface area contributed by atoms with E-state index in [1.165, 1.54) is 4.90 Å². The van der Waals surface area contributed by atoms with Crippen molar-refractivity contribution >= 4 is 46.8 Å². The lowest BCUT2D eigenvalue weighted by atomic mass is 10.2. The summed E-state index contributed by atoms with van der Waals surface area (Å²) in [6.07, 6.45) is 0. The van der Waals surface area contributed by atoms with E-state index < -0.39 is 12.0 Å². The first-order chi connectivity index (χ1) is 9.72. The lowest BCUT2D eigenvalue weighted by Gasteiger charge is -2.13. The molecular weight excluding hydrogens is 321 g/mol. The molecule has 1 aromatic carbocycles. The van der Waals surface area contributed by atoms with E-state index >= 15 is 0 Å². The number of carboxylic acids is 1. The van der Waals surface area contributed by atoms with Crippen LogP contribution in [0.1, 0.15) is 10.4 Å². The molecule has 114 valence electrons. The molecule has 0 aromatic heterocycles. The molecule has 9 heteroatoms. The van der Waals surface area contributed by atoms with E-state index in [9.17, 15) is 14.4 Å². The third-order valence-corrected chi connectivity index (χ3v) is 3.02. The average molecular weight is 334 g/mol. The number of rotatable bonds is 4. The van der Waals surface area contributed by atoms with Gasteiger partial charge in [0.25, 0.3) is 0 Å². The summed E-state index contributed by atoms with van der Waals surface area (Å²) in [6.45, 7) is -0.193. The standard InChI is InChI=1S/C12H13Cl2N3O4/c1-17(2)9(18)5-15-12(21)16-10-7(13)3-6(11(19)20)4-8(10)14/h3-4H,5H2,1-2H3,(H,19,20)(H2,15,16,21). The smallest absolute Gasteiger partial charge is 0.335 e. The molecule has 7 nitrogen and oxygen atoms in total. The van der Waals surface area contributed by atoms with Gasteiger partial charge in [0.1, 0.15) is 0 Å². The van der Waals surface area contributed by atoms with Crippen molar-refractivity contribution in [2.75, 3.05) is 26.0 Å². The van der Waals surface area contributed by atoms with Crippen LogP contribution in [-0.4, -0.2) is 48.6 Å². The fourth-order valence-electron chi connectivity index (χ4n) is 1.29. The maximum atomic E-state index is 11.6. The quantitative estimate of drug-likeness (QED) is 0.783. The van der Waals surface area contributed by atoms with E-state index in [1.807, 2.05) is 0 Å². The summed E-state index contributed by atoms with van der Waals surface area (Å²) in [6, 6.07) is 1.64. The summed E-state index contributed by atoms with van der Waals surface area (Å²) >= 11 is 11.7. The van der Waals surface area contributed by atoms with Gasteiger partial charge in [-0.3, -0.25) is 4.79 Å². The van der Waals surface area contributed by atoms with Gasteiger partial charge in [-0.15, -0.1) is 0 Å². The second-order valence-electron chi connectivity index (χ2n) is 4.22. The van der Waals surface area contributed by atoms with Crippen molar-refractivity contribution in [2.24, 2.45) is 0 Å². The maximum absolute atomic E-state index is 11.6. The lowest BCUT2D eigenvalue weighted by molar-refractivity contribution is -0.127. The van der Waals surface area contributed by atoms with Crippen LogP contribution in [0.15, 0.2) is 12.1 Å². The lowest BCUT2D eigenvalue weighted by Crippen LogP contribution is -2.38. The molecule has 0 spiro atoms. The molecule has 0 fully saturated rings. The molecule has 21 heavy (non-hydrogen) atoms. The molecule has 3 amide bonds. The first-order valence-electron chi connectivity index (χ1n) is 5.69. The topological polar surface area (TPSA) is 98.7 Å². The molecule has 0 radical (unpaired) electrons. The summed E-state index contributed by atoms with van der Waals surface area (Å²) in [5, 5.41) is 13.5. The van der Waals surface area contributed by atoms with Crippen molar-refractivity contribution in [2.45, 2.75) is 0 Å². The van der Waals surface area contributed by atoms with Gasteiger partial charge in [-0.1, -0.05) is 23.2 Å². The van der Waals surface area contributed by atoms with Crippen molar-refractivity contribution in [3.8, 4) is 0 Å². The Balaban J connectivity index is 2.77. The molecule has 3 N–H and O–H groups in total. The minimum atomic E-state index is -1.19. The number of carboxylic acid groups (broad SMARTS) is 1. The largest absolute Gasteiger partial charge is 0.478 e. The van der Waals surface area contributed by atoms with Crippen LogP contribution >= 0.6 is 23.2 Å². The third-order valence-electron chi connectivity index (χ3n) is 2.43. The molecule has 0 aliphatic heterocycles. The number of likely N-dealkylation sites (N-methyl/N-ethyl adjacent to an activating group) is 1. The molecule has 0 aliphatic carbocycles. The summed E-state index contributed by atoms with van der Waals surface area (Å²) in [4.78, 5) is 35.1. The zero-order valence-corrected chi connectivity index (χ0v) is 12.7. The van der Waals surface area contributed by atoms with Crippen molar-refractivity contribution in [3.05, 3.63) is 27.7 Å². The van der Waals surface area contributed by atoms with E-state index in [1.54, 1.807) is 14.1 Å². The molecule has 0 unspecified atom stereocenters. The fraction of sp³-hybridized carbons (Fsp3) is 0.250. The number of anilines is 1. The number of amides is 3. The van der Waals surface area contributed by atoms with E-state index in [0.717, 1.165) is 12.1 Å². The number of benzene rings is 1. The van der Waals surface area contributed by atoms with Gasteiger partial charge < -0.3 is 20.6 Å². The minimum Gasteiger partial charge on any atom is -0.478 e. The van der Waals surface area contributed by atoms with Gasteiger partial charge >= 0.3 is 12.0 Å². The first kappa shape index (κ1) is 17.1. The Kier molecular flexibility index (Phi) is 5.80. The second-order valence-corrected chi connectivity index (χ2v) is 5.03. The number of hydrogen-bond donors (Lipinski definition) is 3. The highest BCUT2D eigenvalue weighted by molar-refractivity contribution is 6.40. The zero-order chi connectivity index (χ0) is 16.2. The van der Waals surface area contributed by atoms with E-state index in [-0.39, 0.29) is 33.7 Å². The van der Waals surface area contributed by atoms with Crippen molar-refractivity contribution in [1.82, 2.24) is 10.2 Å². The van der Waals surface area contributed by atoms with E-state index in [0.29, 0.717) is 0 Å². The molecule has 0 saturated heterocycles. The van der Waals surface area contributed by atoms with Crippen LogP contribution in [0.2, 0.25) is 10.0 Å².